The summed E-state index contributed by atoms with van der Waals surface area (Å²) in [6.45, 7) is 0. The van der Waals surface area contributed by atoms with E-state index in [0.29, 0.717) is 5.71 Å². The summed E-state index contributed by atoms with van der Waals surface area (Å²) in [7, 11) is 0. The summed E-state index contributed by atoms with van der Waals surface area (Å²) in [6, 6.07) is 9.66. The SMILES string of the molecule is O=C(Cc1ccccc1)O/N=C(\C(=O)NC1CCCCC1)C1CCCCC1. The van der Waals surface area contributed by atoms with E-state index >= 15 is 0 Å². The van der Waals surface area contributed by atoms with E-state index in [2.05, 4.69) is 10.5 Å². The standard InChI is InChI=1S/C22H30N2O3/c25-20(16-17-10-4-1-5-11-17)27-24-21(18-12-6-2-7-13-18)22(26)23-19-14-8-3-9-15-19/h1,4-5,10-11,18-19H,2-3,6-9,12-16H2,(H,23,26)/b24-21-. The highest BCUT2D eigenvalue weighted by atomic mass is 16.7. The third kappa shape index (κ3) is 6.19. The molecule has 5 nitrogen and oxygen atoms in total. The topological polar surface area (TPSA) is 67.8 Å². The lowest BCUT2D eigenvalue weighted by molar-refractivity contribution is -0.142. The maximum Gasteiger partial charge on any atom is 0.339 e. The van der Waals surface area contributed by atoms with E-state index in [1.54, 1.807) is 0 Å². The summed E-state index contributed by atoms with van der Waals surface area (Å²) >= 11 is 0. The van der Waals surface area contributed by atoms with Crippen molar-refractivity contribution in [3.05, 3.63) is 35.9 Å². The van der Waals surface area contributed by atoms with Crippen LogP contribution in [0.3, 0.4) is 0 Å². The Morgan fingerprint density at radius 1 is 0.926 bits per heavy atom. The van der Waals surface area contributed by atoms with Gasteiger partial charge in [-0.1, -0.05) is 74.0 Å². The van der Waals surface area contributed by atoms with Crippen LogP contribution in [0.4, 0.5) is 0 Å². The van der Waals surface area contributed by atoms with Crippen molar-refractivity contribution in [1.82, 2.24) is 5.32 Å². The third-order valence-corrected chi connectivity index (χ3v) is 5.60. The lowest BCUT2D eigenvalue weighted by atomic mass is 9.85. The lowest BCUT2D eigenvalue weighted by Gasteiger charge is -2.26. The molecule has 2 aliphatic carbocycles. The Balaban J connectivity index is 1.63. The second-order valence-electron chi connectivity index (χ2n) is 7.75. The van der Waals surface area contributed by atoms with E-state index in [1.165, 1.54) is 12.8 Å². The molecule has 0 atom stereocenters. The second-order valence-corrected chi connectivity index (χ2v) is 7.75. The number of nitrogens with zero attached hydrogens (tertiary/aromatic N) is 1. The van der Waals surface area contributed by atoms with E-state index in [1.807, 2.05) is 30.3 Å². The van der Waals surface area contributed by atoms with Gasteiger partial charge in [-0.05, 0) is 31.2 Å². The van der Waals surface area contributed by atoms with E-state index < -0.39 is 5.97 Å². The molecule has 27 heavy (non-hydrogen) atoms. The van der Waals surface area contributed by atoms with Crippen molar-refractivity contribution in [1.29, 1.82) is 0 Å². The predicted octanol–water partition coefficient (Wildman–Crippen LogP) is 4.16. The van der Waals surface area contributed by atoms with Gasteiger partial charge in [-0.3, -0.25) is 4.79 Å². The smallest absolute Gasteiger partial charge is 0.339 e. The zero-order valence-electron chi connectivity index (χ0n) is 16.0. The number of hydrogen-bond donors (Lipinski definition) is 1. The molecule has 0 radical (unpaired) electrons. The normalized spacial score (nSPS) is 19.5. The second kappa shape index (κ2) is 10.2. The molecule has 0 unspecified atom stereocenters. The molecular formula is C22H30N2O3. The Bertz CT molecular complexity index is 645. The minimum Gasteiger partial charge on any atom is -0.348 e. The summed E-state index contributed by atoms with van der Waals surface area (Å²) in [6.07, 6.45) is 11.0. The van der Waals surface area contributed by atoms with Crippen LogP contribution in [0.5, 0.6) is 0 Å². The van der Waals surface area contributed by atoms with Crippen molar-refractivity contribution in [2.24, 2.45) is 11.1 Å². The number of carbonyl (C=O) groups excluding carboxylic acids is 2. The molecule has 2 fully saturated rings. The predicted molar refractivity (Wildman–Crippen MR) is 105 cm³/mol. The van der Waals surface area contributed by atoms with Gasteiger partial charge in [0.2, 0.25) is 0 Å². The highest BCUT2D eigenvalue weighted by Crippen LogP contribution is 2.26. The van der Waals surface area contributed by atoms with Gasteiger partial charge in [0.25, 0.3) is 5.91 Å². The van der Waals surface area contributed by atoms with Gasteiger partial charge in [0.1, 0.15) is 5.71 Å². The van der Waals surface area contributed by atoms with Gasteiger partial charge < -0.3 is 10.2 Å². The van der Waals surface area contributed by atoms with Gasteiger partial charge in [0.05, 0.1) is 6.42 Å². The van der Waals surface area contributed by atoms with Crippen molar-refractivity contribution >= 4 is 17.6 Å². The minimum atomic E-state index is -0.431. The molecule has 3 rings (SSSR count). The Hall–Kier alpha value is -2.17. The molecule has 0 aliphatic heterocycles. The number of amides is 1. The van der Waals surface area contributed by atoms with Crippen LogP contribution in [0, 0.1) is 5.92 Å². The van der Waals surface area contributed by atoms with Crippen LogP contribution in [0.15, 0.2) is 35.5 Å². The van der Waals surface area contributed by atoms with E-state index in [-0.39, 0.29) is 24.3 Å². The van der Waals surface area contributed by atoms with Crippen molar-refractivity contribution in [2.75, 3.05) is 0 Å². The van der Waals surface area contributed by atoms with Crippen LogP contribution in [0.2, 0.25) is 0 Å². The van der Waals surface area contributed by atoms with Crippen molar-refractivity contribution in [3.63, 3.8) is 0 Å². The van der Waals surface area contributed by atoms with Crippen LogP contribution in [-0.4, -0.2) is 23.6 Å². The molecule has 0 spiro atoms. The highest BCUT2D eigenvalue weighted by Gasteiger charge is 2.28. The number of nitrogens with one attached hydrogen (secondary N) is 1. The summed E-state index contributed by atoms with van der Waals surface area (Å²) in [5.74, 6) is -0.492. The van der Waals surface area contributed by atoms with Crippen LogP contribution >= 0.6 is 0 Å². The van der Waals surface area contributed by atoms with Gasteiger partial charge >= 0.3 is 5.97 Å². The molecular weight excluding hydrogens is 340 g/mol. The zero-order valence-corrected chi connectivity index (χ0v) is 16.0. The first-order chi connectivity index (χ1) is 13.2. The summed E-state index contributed by atoms with van der Waals surface area (Å²) in [4.78, 5) is 30.2. The number of oxime groups is 1. The van der Waals surface area contributed by atoms with Gasteiger partial charge in [-0.25, -0.2) is 4.79 Å². The largest absolute Gasteiger partial charge is 0.348 e. The van der Waals surface area contributed by atoms with Gasteiger partial charge in [-0.15, -0.1) is 0 Å². The van der Waals surface area contributed by atoms with Gasteiger partial charge in [0, 0.05) is 12.0 Å². The van der Waals surface area contributed by atoms with Gasteiger partial charge in [-0.2, -0.15) is 0 Å². The first-order valence-electron chi connectivity index (χ1n) is 10.3. The molecule has 0 saturated heterocycles. The van der Waals surface area contributed by atoms with E-state index in [0.717, 1.165) is 56.9 Å². The number of benzene rings is 1. The van der Waals surface area contributed by atoms with Crippen molar-refractivity contribution < 1.29 is 14.4 Å². The summed E-state index contributed by atoms with van der Waals surface area (Å²) < 4.78 is 0. The summed E-state index contributed by atoms with van der Waals surface area (Å²) in [5.41, 5.74) is 1.28. The molecule has 146 valence electrons. The lowest BCUT2D eigenvalue weighted by Crippen LogP contribution is -2.43. The molecule has 0 bridgehead atoms. The van der Waals surface area contributed by atoms with Gasteiger partial charge in [0.15, 0.2) is 0 Å². The quantitative estimate of drug-likeness (QED) is 0.464. The first kappa shape index (κ1) is 19.6. The van der Waals surface area contributed by atoms with Crippen molar-refractivity contribution in [2.45, 2.75) is 76.7 Å². The highest BCUT2D eigenvalue weighted by molar-refractivity contribution is 6.39. The third-order valence-electron chi connectivity index (χ3n) is 5.60. The fourth-order valence-electron chi connectivity index (χ4n) is 4.08. The molecule has 1 N–H and O–H groups in total. The average Bonchev–Trinajstić information content (AvgIpc) is 2.70. The van der Waals surface area contributed by atoms with E-state index in [9.17, 15) is 9.59 Å². The molecule has 2 aliphatic rings. The number of rotatable bonds is 6. The Morgan fingerprint density at radius 3 is 2.22 bits per heavy atom. The Labute approximate surface area is 161 Å². The molecule has 2 saturated carbocycles. The van der Waals surface area contributed by atoms with Crippen LogP contribution < -0.4 is 5.32 Å². The molecule has 1 amide bonds. The zero-order chi connectivity index (χ0) is 18.9. The first-order valence-corrected chi connectivity index (χ1v) is 10.3. The Morgan fingerprint density at radius 2 is 1.56 bits per heavy atom. The molecule has 1 aromatic carbocycles. The molecule has 1 aromatic rings. The molecule has 0 aromatic heterocycles. The maximum atomic E-state index is 12.8. The van der Waals surface area contributed by atoms with Crippen LogP contribution in [0.25, 0.3) is 0 Å². The monoisotopic (exact) mass is 370 g/mol. The molecule has 0 heterocycles. The maximum absolute atomic E-state index is 12.8. The number of carbonyl (C=O) groups is 2. The van der Waals surface area contributed by atoms with Crippen molar-refractivity contribution in [3.8, 4) is 0 Å². The fraction of sp³-hybridized carbons (Fsp3) is 0.591. The molecule has 5 heteroatoms. The number of hydrogen-bond acceptors (Lipinski definition) is 4. The average molecular weight is 370 g/mol. The van der Waals surface area contributed by atoms with Crippen LogP contribution in [0.1, 0.15) is 69.8 Å². The Kier molecular flexibility index (Phi) is 7.43. The fourth-order valence-corrected chi connectivity index (χ4v) is 4.08. The van der Waals surface area contributed by atoms with Crippen LogP contribution in [-0.2, 0) is 20.8 Å². The van der Waals surface area contributed by atoms with E-state index in [4.69, 9.17) is 4.84 Å². The summed E-state index contributed by atoms with van der Waals surface area (Å²) in [5, 5.41) is 7.19. The minimum absolute atomic E-state index is 0.0897.